The Morgan fingerprint density at radius 1 is 0.897 bits per heavy atom. The molecule has 0 aliphatic heterocycles. The summed E-state index contributed by atoms with van der Waals surface area (Å²) in [6.07, 6.45) is 8.10. The van der Waals surface area contributed by atoms with Gasteiger partial charge in [-0.05, 0) is 51.3 Å². The molecule has 0 radical (unpaired) electrons. The third-order valence-corrected chi connectivity index (χ3v) is 23.6. The van der Waals surface area contributed by atoms with E-state index in [1.807, 2.05) is 0 Å². The van der Waals surface area contributed by atoms with Crippen molar-refractivity contribution in [2.45, 2.75) is 86.5 Å². The smallest absolute Gasteiger partial charge is 0.258 e. The van der Waals surface area contributed by atoms with Gasteiger partial charge in [-0.2, -0.15) is 0 Å². The van der Waals surface area contributed by atoms with E-state index in [2.05, 4.69) is 56.8 Å². The number of hydrogen-bond acceptors (Lipinski definition) is 7. The number of allylic oxidation sites excluding steroid dienone is 1. The molecule has 39 heavy (non-hydrogen) atoms. The maximum atomic E-state index is 10.4. The second-order valence-corrected chi connectivity index (χ2v) is 24.8. The van der Waals surface area contributed by atoms with Crippen LogP contribution in [0.4, 0.5) is 10.0 Å². The second kappa shape index (κ2) is 23.0. The van der Waals surface area contributed by atoms with E-state index in [0.717, 1.165) is 34.9 Å². The average molecular weight is 845 g/mol. The molecule has 2 rings (SSSR count). The summed E-state index contributed by atoms with van der Waals surface area (Å²) in [5.41, 5.74) is 1.37. The van der Waals surface area contributed by atoms with E-state index in [9.17, 15) is 20.2 Å². The van der Waals surface area contributed by atoms with Gasteiger partial charge in [0.15, 0.2) is 0 Å². The molecular formula is C27H43BrN2O5PdS2Sn. The molecule has 0 saturated heterocycles. The molecule has 224 valence electrons. The van der Waals surface area contributed by atoms with Gasteiger partial charge < -0.3 is 0 Å². The van der Waals surface area contributed by atoms with Crippen LogP contribution in [0.5, 0.6) is 0 Å². The normalized spacial score (nSPS) is 10.2. The largest absolute Gasteiger partial charge is 0.338 e. The molecule has 2 aromatic heterocycles. The van der Waals surface area contributed by atoms with Gasteiger partial charge in [0.25, 0.3) is 0 Å². The molecule has 0 aliphatic carbocycles. The molecule has 0 amide bonds. The molecule has 0 aromatic carbocycles. The van der Waals surface area contributed by atoms with Crippen LogP contribution in [0.15, 0.2) is 44.3 Å². The fourth-order valence-electron chi connectivity index (χ4n) is 3.85. The molecule has 0 saturated carbocycles. The van der Waals surface area contributed by atoms with E-state index in [1.165, 1.54) is 55.6 Å². The topological polar surface area (TPSA) is 95.5 Å². The number of unbranched alkanes of at least 4 members (excludes halogenated alkanes) is 3. The number of thiophene rings is 2. The van der Waals surface area contributed by atoms with Crippen LogP contribution >= 0.6 is 38.6 Å². The molecule has 2 aromatic rings. The second-order valence-electron chi connectivity index (χ2n) is 8.95. The molecule has 0 atom stereocenters. The van der Waals surface area contributed by atoms with Gasteiger partial charge in [0, 0.05) is 20.4 Å². The Morgan fingerprint density at radius 2 is 1.33 bits per heavy atom. The van der Waals surface area contributed by atoms with E-state index in [-0.39, 0.29) is 35.3 Å². The zero-order valence-electron chi connectivity index (χ0n) is 23.7. The van der Waals surface area contributed by atoms with E-state index >= 15 is 0 Å². The number of nitrogens with zero attached hydrogens (tertiary/aromatic N) is 2. The Hall–Kier alpha value is -0.579. The number of nitro groups is 2. The number of rotatable bonds is 15. The van der Waals surface area contributed by atoms with E-state index in [1.54, 1.807) is 29.8 Å². The minimum absolute atomic E-state index is 0. The van der Waals surface area contributed by atoms with Crippen molar-refractivity contribution >= 4 is 72.6 Å². The molecule has 7 nitrogen and oxygen atoms in total. The van der Waals surface area contributed by atoms with Crippen molar-refractivity contribution in [2.24, 2.45) is 0 Å². The summed E-state index contributed by atoms with van der Waals surface area (Å²) in [5.74, 6) is 0. The number of ether oxygens (including phenoxy) is 1. The number of hydrogen-bond donors (Lipinski definition) is 0. The quantitative estimate of drug-likeness (QED) is 0.0770. The molecule has 0 fully saturated rings. The van der Waals surface area contributed by atoms with Crippen molar-refractivity contribution in [3.63, 3.8) is 0 Å². The van der Waals surface area contributed by atoms with Crippen LogP contribution < -0.4 is 0 Å². The van der Waals surface area contributed by atoms with Gasteiger partial charge in [-0.1, -0.05) is 29.3 Å². The minimum atomic E-state index is -2.24. The van der Waals surface area contributed by atoms with E-state index in [4.69, 9.17) is 4.74 Å². The van der Waals surface area contributed by atoms with Crippen molar-refractivity contribution in [1.29, 1.82) is 0 Å². The van der Waals surface area contributed by atoms with Crippen molar-refractivity contribution in [2.75, 3.05) is 6.61 Å². The van der Waals surface area contributed by atoms with E-state index in [0.29, 0.717) is 10.0 Å². The van der Waals surface area contributed by atoms with Crippen LogP contribution in [-0.2, 0) is 25.2 Å². The standard InChI is InChI=1S/C7H7NO2S.C4H2BrNO2S.C4H7O.3C4H9.Pd.Sn/c1-5(2)6-3-4-11-7(6)8(9)10;5-3-1-2-9-4(3)6(7)8;1-3-5-4-2;3*1-3-4-2;;/h3-4H,1H2,2H3;1-2H;1,4H2,2H3;3*1,3-4H2,2H3;;. The van der Waals surface area contributed by atoms with Crippen molar-refractivity contribution in [3.8, 4) is 0 Å². The summed E-state index contributed by atoms with van der Waals surface area (Å²) in [7, 11) is 0. The Morgan fingerprint density at radius 3 is 1.62 bits per heavy atom. The van der Waals surface area contributed by atoms with Crippen LogP contribution in [-0.4, -0.2) is 34.8 Å². The SMILES string of the molecule is C=C(C)c1ccsc1[N+](=O)[O-].C=[C](OCC)[Sn]([CH2]CCC)([CH2]CCC)[CH2]CCC.O=[N+]([O-])c1sccc1Br.[Pd]. The molecular weight excluding hydrogens is 801 g/mol. The van der Waals surface area contributed by atoms with Crippen LogP contribution in [0, 0.1) is 20.2 Å². The molecule has 0 spiro atoms. The first-order valence-corrected chi connectivity index (χ1v) is 23.1. The van der Waals surface area contributed by atoms with Gasteiger partial charge in [0.05, 0.1) is 15.4 Å². The first kappa shape index (κ1) is 40.6. The van der Waals surface area contributed by atoms with Crippen LogP contribution in [0.1, 0.15) is 78.7 Å². The maximum absolute atomic E-state index is 10.4. The summed E-state index contributed by atoms with van der Waals surface area (Å²) < 4.78 is 12.1. The fraction of sp³-hybridized carbons (Fsp3) is 0.556. The molecule has 0 N–H and O–H groups in total. The van der Waals surface area contributed by atoms with Gasteiger partial charge in [-0.3, -0.25) is 20.2 Å². The first-order chi connectivity index (χ1) is 18.0. The molecule has 0 aliphatic rings. The summed E-state index contributed by atoms with van der Waals surface area (Å²) in [5, 5.41) is 24.1. The zero-order valence-corrected chi connectivity index (χ0v) is 31.4. The molecule has 0 unspecified atom stereocenters. The Labute approximate surface area is 268 Å². The summed E-state index contributed by atoms with van der Waals surface area (Å²) in [6, 6.07) is 3.37. The van der Waals surface area contributed by atoms with Gasteiger partial charge in [-0.25, -0.2) is 0 Å². The third-order valence-electron chi connectivity index (χ3n) is 5.97. The predicted octanol–water partition coefficient (Wildman–Crippen LogP) is 11.0. The van der Waals surface area contributed by atoms with Gasteiger partial charge in [0.1, 0.15) is 4.47 Å². The van der Waals surface area contributed by atoms with Gasteiger partial charge in [-0.15, -0.1) is 0 Å². The van der Waals surface area contributed by atoms with Crippen molar-refractivity contribution in [1.82, 2.24) is 0 Å². The Kier molecular flexibility index (Phi) is 24.0. The number of halogens is 1. The third kappa shape index (κ3) is 15.3. The Balaban J connectivity index is 0. The van der Waals surface area contributed by atoms with Gasteiger partial charge in [0.2, 0.25) is 0 Å². The minimum Gasteiger partial charge on any atom is -0.258 e. The summed E-state index contributed by atoms with van der Waals surface area (Å²) in [6.45, 7) is 19.6. The maximum Gasteiger partial charge on any atom is 0.338 e. The summed E-state index contributed by atoms with van der Waals surface area (Å²) in [4.78, 5) is 19.6. The van der Waals surface area contributed by atoms with Crippen molar-refractivity contribution in [3.05, 3.63) is 70.1 Å². The fourth-order valence-corrected chi connectivity index (χ4v) is 20.6. The van der Waals surface area contributed by atoms with Crippen LogP contribution in [0.3, 0.4) is 0 Å². The average Bonchev–Trinajstić information content (AvgIpc) is 3.54. The molecule has 0 bridgehead atoms. The van der Waals surface area contributed by atoms with Crippen LogP contribution in [0.25, 0.3) is 5.57 Å². The van der Waals surface area contributed by atoms with E-state index < -0.39 is 23.3 Å². The van der Waals surface area contributed by atoms with Crippen molar-refractivity contribution < 1.29 is 35.0 Å². The molecule has 12 heteroatoms. The monoisotopic (exact) mass is 844 g/mol. The first-order valence-electron chi connectivity index (χ1n) is 13.1. The zero-order chi connectivity index (χ0) is 29.1. The summed E-state index contributed by atoms with van der Waals surface area (Å²) >= 11 is 3.03. The van der Waals surface area contributed by atoms with Crippen LogP contribution in [0.2, 0.25) is 13.3 Å². The Bertz CT molecular complexity index is 966. The van der Waals surface area contributed by atoms with Gasteiger partial charge >= 0.3 is 130 Å². The predicted molar refractivity (Wildman–Crippen MR) is 170 cm³/mol. The molecule has 2 heterocycles.